The summed E-state index contributed by atoms with van der Waals surface area (Å²) in [6.07, 6.45) is 2.35. The first kappa shape index (κ1) is 12.9. The Morgan fingerprint density at radius 1 is 1.10 bits per heavy atom. The lowest BCUT2D eigenvalue weighted by molar-refractivity contribution is 0.303. The zero-order chi connectivity index (χ0) is 13.8. The van der Waals surface area contributed by atoms with Crippen LogP contribution in [0, 0.1) is 0 Å². The molecule has 2 aromatic rings. The van der Waals surface area contributed by atoms with Crippen LogP contribution in [0.4, 0.5) is 5.69 Å². The lowest BCUT2D eigenvalue weighted by Gasteiger charge is -2.18. The van der Waals surface area contributed by atoms with E-state index in [9.17, 15) is 0 Å². The highest BCUT2D eigenvalue weighted by Crippen LogP contribution is 2.24. The molecule has 0 saturated heterocycles. The molecule has 20 heavy (non-hydrogen) atoms. The van der Waals surface area contributed by atoms with E-state index >= 15 is 0 Å². The lowest BCUT2D eigenvalue weighted by Crippen LogP contribution is -2.12. The standard InChI is InChI=1S/C17H19NO2/c1-19-15-5-2-6-16(11-15)20-12-13-7-8-17-14(10-13)4-3-9-18-17/h2,5-8,10-11,18H,3-4,9,12H2,1H3. The number of methoxy groups -OCH3 is 1. The first-order valence-corrected chi connectivity index (χ1v) is 6.98. The molecular formula is C17H19NO2. The maximum Gasteiger partial charge on any atom is 0.123 e. The van der Waals surface area contributed by atoms with Crippen molar-refractivity contribution in [3.63, 3.8) is 0 Å². The minimum Gasteiger partial charge on any atom is -0.497 e. The fraction of sp³-hybridized carbons (Fsp3) is 0.294. The van der Waals surface area contributed by atoms with Crippen molar-refractivity contribution in [2.45, 2.75) is 19.4 Å². The molecule has 104 valence electrons. The number of rotatable bonds is 4. The van der Waals surface area contributed by atoms with E-state index in [0.29, 0.717) is 6.61 Å². The van der Waals surface area contributed by atoms with Gasteiger partial charge in [0.1, 0.15) is 18.1 Å². The summed E-state index contributed by atoms with van der Waals surface area (Å²) in [6.45, 7) is 1.66. The van der Waals surface area contributed by atoms with Gasteiger partial charge in [0, 0.05) is 18.3 Å². The molecule has 0 aliphatic carbocycles. The average Bonchev–Trinajstić information content (AvgIpc) is 2.53. The molecule has 2 aromatic carbocycles. The van der Waals surface area contributed by atoms with Gasteiger partial charge in [0.05, 0.1) is 7.11 Å². The van der Waals surface area contributed by atoms with Crippen molar-refractivity contribution in [2.75, 3.05) is 19.0 Å². The van der Waals surface area contributed by atoms with Crippen molar-refractivity contribution in [1.82, 2.24) is 0 Å². The Bertz CT molecular complexity index is 595. The SMILES string of the molecule is COc1cccc(OCc2ccc3c(c2)CCCN3)c1. The number of nitrogens with one attached hydrogen (secondary N) is 1. The van der Waals surface area contributed by atoms with Crippen LogP contribution in [-0.2, 0) is 13.0 Å². The molecule has 0 radical (unpaired) electrons. The van der Waals surface area contributed by atoms with Crippen LogP contribution in [0.25, 0.3) is 0 Å². The van der Waals surface area contributed by atoms with E-state index < -0.39 is 0 Å². The number of fused-ring (bicyclic) bond motifs is 1. The number of hydrogen-bond donors (Lipinski definition) is 1. The molecule has 0 atom stereocenters. The summed E-state index contributed by atoms with van der Waals surface area (Å²) < 4.78 is 11.0. The van der Waals surface area contributed by atoms with Crippen LogP contribution in [-0.4, -0.2) is 13.7 Å². The van der Waals surface area contributed by atoms with Crippen LogP contribution in [0.3, 0.4) is 0 Å². The Morgan fingerprint density at radius 3 is 2.90 bits per heavy atom. The number of anilines is 1. The van der Waals surface area contributed by atoms with E-state index in [1.807, 2.05) is 24.3 Å². The van der Waals surface area contributed by atoms with E-state index in [-0.39, 0.29) is 0 Å². The van der Waals surface area contributed by atoms with Gasteiger partial charge in [0.25, 0.3) is 0 Å². The van der Waals surface area contributed by atoms with E-state index in [1.54, 1.807) is 7.11 Å². The van der Waals surface area contributed by atoms with Gasteiger partial charge < -0.3 is 14.8 Å². The number of aryl methyl sites for hydroxylation is 1. The number of hydrogen-bond acceptors (Lipinski definition) is 3. The average molecular weight is 269 g/mol. The van der Waals surface area contributed by atoms with E-state index in [1.165, 1.54) is 23.2 Å². The number of ether oxygens (including phenoxy) is 2. The molecule has 0 amide bonds. The fourth-order valence-electron chi connectivity index (χ4n) is 2.48. The molecule has 3 nitrogen and oxygen atoms in total. The predicted molar refractivity (Wildman–Crippen MR) is 80.6 cm³/mol. The van der Waals surface area contributed by atoms with Crippen LogP contribution < -0.4 is 14.8 Å². The second-order valence-electron chi connectivity index (χ2n) is 4.99. The first-order chi connectivity index (χ1) is 9.85. The smallest absolute Gasteiger partial charge is 0.123 e. The highest BCUT2D eigenvalue weighted by Gasteiger charge is 2.08. The molecule has 3 heteroatoms. The van der Waals surface area contributed by atoms with Gasteiger partial charge in [-0.3, -0.25) is 0 Å². The maximum atomic E-state index is 5.83. The van der Waals surface area contributed by atoms with Crippen LogP contribution in [0.15, 0.2) is 42.5 Å². The maximum absolute atomic E-state index is 5.83. The Hall–Kier alpha value is -2.16. The van der Waals surface area contributed by atoms with Crippen LogP contribution in [0.5, 0.6) is 11.5 Å². The van der Waals surface area contributed by atoms with Gasteiger partial charge in [-0.25, -0.2) is 0 Å². The molecule has 1 aliphatic heterocycles. The van der Waals surface area contributed by atoms with Crippen molar-refractivity contribution in [1.29, 1.82) is 0 Å². The van der Waals surface area contributed by atoms with Gasteiger partial charge in [0.2, 0.25) is 0 Å². The second kappa shape index (κ2) is 5.87. The first-order valence-electron chi connectivity index (χ1n) is 6.98. The molecule has 0 bridgehead atoms. The molecule has 1 heterocycles. The van der Waals surface area contributed by atoms with E-state index in [0.717, 1.165) is 24.5 Å². The van der Waals surface area contributed by atoms with Crippen molar-refractivity contribution in [2.24, 2.45) is 0 Å². The highest BCUT2D eigenvalue weighted by molar-refractivity contribution is 5.54. The molecule has 0 aromatic heterocycles. The van der Waals surface area contributed by atoms with Crippen molar-refractivity contribution in [3.05, 3.63) is 53.6 Å². The Kier molecular flexibility index (Phi) is 3.77. The minimum atomic E-state index is 0.584. The summed E-state index contributed by atoms with van der Waals surface area (Å²) in [4.78, 5) is 0. The van der Waals surface area contributed by atoms with E-state index in [2.05, 4.69) is 23.5 Å². The summed E-state index contributed by atoms with van der Waals surface area (Å²) in [5, 5.41) is 3.42. The van der Waals surface area contributed by atoms with Crippen LogP contribution in [0.1, 0.15) is 17.5 Å². The highest BCUT2D eigenvalue weighted by atomic mass is 16.5. The van der Waals surface area contributed by atoms with Gasteiger partial charge in [-0.15, -0.1) is 0 Å². The normalized spacial score (nSPS) is 13.2. The Morgan fingerprint density at radius 2 is 2.00 bits per heavy atom. The molecular weight excluding hydrogens is 250 g/mol. The predicted octanol–water partition coefficient (Wildman–Crippen LogP) is 3.63. The quantitative estimate of drug-likeness (QED) is 0.919. The fourth-order valence-corrected chi connectivity index (χ4v) is 2.48. The van der Waals surface area contributed by atoms with Crippen LogP contribution in [0.2, 0.25) is 0 Å². The van der Waals surface area contributed by atoms with Gasteiger partial charge in [-0.1, -0.05) is 18.2 Å². The Balaban J connectivity index is 1.68. The molecule has 1 N–H and O–H groups in total. The molecule has 3 rings (SSSR count). The molecule has 0 spiro atoms. The monoisotopic (exact) mass is 269 g/mol. The third kappa shape index (κ3) is 2.87. The largest absolute Gasteiger partial charge is 0.497 e. The molecule has 0 saturated carbocycles. The van der Waals surface area contributed by atoms with Crippen LogP contribution >= 0.6 is 0 Å². The topological polar surface area (TPSA) is 30.5 Å². The van der Waals surface area contributed by atoms with Crippen molar-refractivity contribution >= 4 is 5.69 Å². The third-order valence-electron chi connectivity index (χ3n) is 3.55. The zero-order valence-electron chi connectivity index (χ0n) is 11.7. The zero-order valence-corrected chi connectivity index (χ0v) is 11.7. The second-order valence-corrected chi connectivity index (χ2v) is 4.99. The molecule has 0 fully saturated rings. The van der Waals surface area contributed by atoms with Gasteiger partial charge in [-0.2, -0.15) is 0 Å². The van der Waals surface area contributed by atoms with Gasteiger partial charge in [0.15, 0.2) is 0 Å². The summed E-state index contributed by atoms with van der Waals surface area (Å²) in [5.41, 5.74) is 3.86. The number of benzene rings is 2. The van der Waals surface area contributed by atoms with Crippen molar-refractivity contribution in [3.8, 4) is 11.5 Å². The molecule has 0 unspecified atom stereocenters. The third-order valence-corrected chi connectivity index (χ3v) is 3.55. The van der Waals surface area contributed by atoms with Gasteiger partial charge in [-0.05, 0) is 42.2 Å². The summed E-state index contributed by atoms with van der Waals surface area (Å²) >= 11 is 0. The summed E-state index contributed by atoms with van der Waals surface area (Å²) in [7, 11) is 1.66. The van der Waals surface area contributed by atoms with Gasteiger partial charge >= 0.3 is 0 Å². The van der Waals surface area contributed by atoms with Crippen molar-refractivity contribution < 1.29 is 9.47 Å². The molecule has 1 aliphatic rings. The lowest BCUT2D eigenvalue weighted by atomic mass is 10.0. The minimum absolute atomic E-state index is 0.584. The summed E-state index contributed by atoms with van der Waals surface area (Å²) in [5.74, 6) is 1.65. The summed E-state index contributed by atoms with van der Waals surface area (Å²) in [6, 6.07) is 14.2. The Labute approximate surface area is 119 Å². The van der Waals surface area contributed by atoms with E-state index in [4.69, 9.17) is 9.47 Å².